The number of hydrogen-bond acceptors (Lipinski definition) is 6. The first-order valence-electron chi connectivity index (χ1n) is 7.12. The van der Waals surface area contributed by atoms with Gasteiger partial charge >= 0.3 is 0 Å². The lowest BCUT2D eigenvalue weighted by molar-refractivity contribution is 0.577. The van der Waals surface area contributed by atoms with E-state index in [0.29, 0.717) is 11.6 Å². The summed E-state index contributed by atoms with van der Waals surface area (Å²) in [4.78, 5) is 17.3. The molecule has 1 saturated heterocycles. The van der Waals surface area contributed by atoms with Crippen LogP contribution in [0.3, 0.4) is 0 Å². The molecule has 8 nitrogen and oxygen atoms in total. The molecule has 1 fully saturated rings. The molecule has 2 aromatic rings. The average Bonchev–Trinajstić information content (AvgIpc) is 3.17. The second kappa shape index (κ2) is 6.01. The monoisotopic (exact) mass is 322 g/mol. The first-order chi connectivity index (χ1) is 10.5. The number of nitrogens with one attached hydrogen (secondary N) is 2. The summed E-state index contributed by atoms with van der Waals surface area (Å²) in [5, 5.41) is 0.0399. The van der Waals surface area contributed by atoms with Gasteiger partial charge in [-0.15, -0.1) is 0 Å². The van der Waals surface area contributed by atoms with Crippen LogP contribution >= 0.6 is 0 Å². The van der Waals surface area contributed by atoms with Crippen LogP contribution < -0.4 is 9.62 Å². The number of nitrogens with zero attached hydrogens (tertiary/aromatic N) is 4. The van der Waals surface area contributed by atoms with E-state index in [9.17, 15) is 8.42 Å². The molecule has 3 rings (SSSR count). The van der Waals surface area contributed by atoms with Crippen molar-refractivity contribution in [2.24, 2.45) is 0 Å². The van der Waals surface area contributed by atoms with E-state index in [4.69, 9.17) is 0 Å². The van der Waals surface area contributed by atoms with E-state index in [1.807, 2.05) is 6.92 Å². The van der Waals surface area contributed by atoms with E-state index in [0.717, 1.165) is 31.6 Å². The van der Waals surface area contributed by atoms with Crippen molar-refractivity contribution in [2.75, 3.05) is 18.0 Å². The third-order valence-corrected chi connectivity index (χ3v) is 4.82. The molecule has 0 aromatic carbocycles. The summed E-state index contributed by atoms with van der Waals surface area (Å²) in [6.07, 6.45) is 4.87. The summed E-state index contributed by atoms with van der Waals surface area (Å²) in [6, 6.07) is 1.79. The Morgan fingerprint density at radius 3 is 2.77 bits per heavy atom. The molecule has 22 heavy (non-hydrogen) atoms. The number of aryl methyl sites for hydroxylation is 1. The molecular weight excluding hydrogens is 304 g/mol. The minimum absolute atomic E-state index is 0.0399. The Balaban J connectivity index is 1.75. The molecule has 0 saturated carbocycles. The van der Waals surface area contributed by atoms with Gasteiger partial charge in [0.25, 0.3) is 10.0 Å². The Hall–Kier alpha value is -2.00. The SMILES string of the molecule is Cc1cc(CNS(=O)(=O)c2cnc[nH]2)nc(N2CCCC2)n1. The van der Waals surface area contributed by atoms with Crippen LogP contribution in [0, 0.1) is 6.92 Å². The lowest BCUT2D eigenvalue weighted by atomic mass is 10.3. The molecule has 118 valence electrons. The molecule has 2 aromatic heterocycles. The van der Waals surface area contributed by atoms with Gasteiger partial charge in [-0.25, -0.2) is 28.1 Å². The van der Waals surface area contributed by atoms with Gasteiger partial charge < -0.3 is 9.88 Å². The maximum Gasteiger partial charge on any atom is 0.257 e. The van der Waals surface area contributed by atoms with Crippen molar-refractivity contribution in [1.29, 1.82) is 0 Å². The van der Waals surface area contributed by atoms with Crippen molar-refractivity contribution in [3.8, 4) is 0 Å². The third kappa shape index (κ3) is 3.25. The van der Waals surface area contributed by atoms with E-state index < -0.39 is 10.0 Å². The van der Waals surface area contributed by atoms with Crippen LogP contribution in [0.2, 0.25) is 0 Å². The van der Waals surface area contributed by atoms with Crippen LogP contribution in [0.25, 0.3) is 0 Å². The molecule has 0 bridgehead atoms. The lowest BCUT2D eigenvalue weighted by Gasteiger charge is -2.16. The van der Waals surface area contributed by atoms with Crippen molar-refractivity contribution in [1.82, 2.24) is 24.7 Å². The molecule has 3 heterocycles. The van der Waals surface area contributed by atoms with Crippen LogP contribution in [0.1, 0.15) is 24.2 Å². The molecule has 0 unspecified atom stereocenters. The highest BCUT2D eigenvalue weighted by atomic mass is 32.2. The Morgan fingerprint density at radius 2 is 2.09 bits per heavy atom. The van der Waals surface area contributed by atoms with E-state index in [2.05, 4.69) is 29.6 Å². The van der Waals surface area contributed by atoms with Crippen molar-refractivity contribution >= 4 is 16.0 Å². The summed E-state index contributed by atoms with van der Waals surface area (Å²) in [5.74, 6) is 0.674. The van der Waals surface area contributed by atoms with Crippen molar-refractivity contribution in [2.45, 2.75) is 31.3 Å². The fraction of sp³-hybridized carbons (Fsp3) is 0.462. The fourth-order valence-electron chi connectivity index (χ4n) is 2.40. The van der Waals surface area contributed by atoms with E-state index in [1.54, 1.807) is 6.07 Å². The molecule has 1 aliphatic rings. The Bertz CT molecular complexity index is 738. The molecule has 2 N–H and O–H groups in total. The van der Waals surface area contributed by atoms with Crippen LogP contribution in [-0.4, -0.2) is 41.4 Å². The number of aromatic nitrogens is 4. The number of H-pyrrole nitrogens is 1. The minimum atomic E-state index is -3.60. The summed E-state index contributed by atoms with van der Waals surface area (Å²) >= 11 is 0. The molecule has 0 atom stereocenters. The normalized spacial score (nSPS) is 15.4. The number of anilines is 1. The zero-order valence-corrected chi connectivity index (χ0v) is 13.1. The highest BCUT2D eigenvalue weighted by Crippen LogP contribution is 2.16. The van der Waals surface area contributed by atoms with Gasteiger partial charge in [-0.05, 0) is 25.8 Å². The first kappa shape index (κ1) is 14.9. The van der Waals surface area contributed by atoms with Crippen LogP contribution in [0.5, 0.6) is 0 Å². The highest BCUT2D eigenvalue weighted by Gasteiger charge is 2.18. The Morgan fingerprint density at radius 1 is 1.32 bits per heavy atom. The molecule has 0 amide bonds. The van der Waals surface area contributed by atoms with Gasteiger partial charge in [0.1, 0.15) is 0 Å². The first-order valence-corrected chi connectivity index (χ1v) is 8.60. The standard InChI is InChI=1S/C13H18N6O2S/c1-10-6-11(18-13(17-10)19-4-2-3-5-19)7-16-22(20,21)12-8-14-9-15-12/h6,8-9,16H,2-5,7H2,1H3,(H,14,15). The maximum absolute atomic E-state index is 12.1. The van der Waals surface area contributed by atoms with Crippen molar-refractivity contribution in [3.63, 3.8) is 0 Å². The molecular formula is C13H18N6O2S. The summed E-state index contributed by atoms with van der Waals surface area (Å²) in [6.45, 7) is 3.89. The van der Waals surface area contributed by atoms with Gasteiger partial charge in [-0.1, -0.05) is 0 Å². The largest absolute Gasteiger partial charge is 0.341 e. The van der Waals surface area contributed by atoms with Gasteiger partial charge in [0, 0.05) is 18.8 Å². The van der Waals surface area contributed by atoms with Crippen LogP contribution in [0.4, 0.5) is 5.95 Å². The van der Waals surface area contributed by atoms with Gasteiger partial charge in [0.05, 0.1) is 24.8 Å². The molecule has 0 aliphatic carbocycles. The van der Waals surface area contributed by atoms with Crippen molar-refractivity contribution < 1.29 is 8.42 Å². The van der Waals surface area contributed by atoms with Gasteiger partial charge in [0.2, 0.25) is 5.95 Å². The highest BCUT2D eigenvalue weighted by molar-refractivity contribution is 7.89. The van der Waals surface area contributed by atoms with Crippen molar-refractivity contribution in [3.05, 3.63) is 30.0 Å². The Kier molecular flexibility index (Phi) is 4.08. The topological polar surface area (TPSA) is 104 Å². The average molecular weight is 322 g/mol. The maximum atomic E-state index is 12.1. The molecule has 9 heteroatoms. The fourth-order valence-corrected chi connectivity index (χ4v) is 3.30. The minimum Gasteiger partial charge on any atom is -0.341 e. The zero-order chi connectivity index (χ0) is 15.6. The number of imidazole rings is 1. The predicted octanol–water partition coefficient (Wildman–Crippen LogP) is 0.587. The van der Waals surface area contributed by atoms with Crippen LogP contribution in [-0.2, 0) is 16.6 Å². The van der Waals surface area contributed by atoms with Gasteiger partial charge in [-0.3, -0.25) is 0 Å². The molecule has 0 spiro atoms. The molecule has 0 radical (unpaired) electrons. The van der Waals surface area contributed by atoms with Crippen LogP contribution in [0.15, 0.2) is 23.6 Å². The van der Waals surface area contributed by atoms with Gasteiger partial charge in [0.15, 0.2) is 5.03 Å². The Labute approximate surface area is 129 Å². The zero-order valence-electron chi connectivity index (χ0n) is 12.3. The van der Waals surface area contributed by atoms with E-state index in [-0.39, 0.29) is 11.6 Å². The number of sulfonamides is 1. The quantitative estimate of drug-likeness (QED) is 0.835. The molecule has 1 aliphatic heterocycles. The predicted molar refractivity (Wildman–Crippen MR) is 80.8 cm³/mol. The van der Waals surface area contributed by atoms with E-state index >= 15 is 0 Å². The second-order valence-corrected chi connectivity index (χ2v) is 6.97. The number of hydrogen-bond donors (Lipinski definition) is 2. The number of rotatable bonds is 5. The summed E-state index contributed by atoms with van der Waals surface area (Å²) in [5.41, 5.74) is 1.48. The smallest absolute Gasteiger partial charge is 0.257 e. The second-order valence-electron chi connectivity index (χ2n) is 5.24. The summed E-state index contributed by atoms with van der Waals surface area (Å²) in [7, 11) is -3.60. The number of aromatic amines is 1. The van der Waals surface area contributed by atoms with E-state index in [1.165, 1.54) is 12.5 Å². The van der Waals surface area contributed by atoms with Gasteiger partial charge in [-0.2, -0.15) is 0 Å². The summed E-state index contributed by atoms with van der Waals surface area (Å²) < 4.78 is 26.6. The third-order valence-electron chi connectivity index (χ3n) is 3.49. The lowest BCUT2D eigenvalue weighted by Crippen LogP contribution is -2.26.